The Labute approximate surface area is 166 Å². The number of esters is 1. The molecule has 0 bridgehead atoms. The molecule has 2 heterocycles. The molecule has 28 heavy (non-hydrogen) atoms. The van der Waals surface area contributed by atoms with E-state index in [0.717, 1.165) is 24.2 Å². The van der Waals surface area contributed by atoms with E-state index in [9.17, 15) is 4.79 Å². The molecule has 0 radical (unpaired) electrons. The van der Waals surface area contributed by atoms with E-state index in [2.05, 4.69) is 18.7 Å². The quantitative estimate of drug-likeness (QED) is 0.729. The standard InChI is InChI=1S/C22H29N3O3/c1-14-7-6-8-15(2)25(14)22-23-16(3)20(21(26)28-5)19(24-22)13-17-9-11-18(27-4)12-10-17/h9-12,14-15H,6-8,13H2,1-5H3/t14-,15+. The van der Waals surface area contributed by atoms with E-state index < -0.39 is 5.97 Å². The van der Waals surface area contributed by atoms with Crippen LogP contribution in [0.2, 0.25) is 0 Å². The predicted octanol–water partition coefficient (Wildman–Crippen LogP) is 3.94. The van der Waals surface area contributed by atoms with Gasteiger partial charge in [-0.25, -0.2) is 14.8 Å². The number of ether oxygens (including phenoxy) is 2. The first-order valence-electron chi connectivity index (χ1n) is 9.81. The number of carbonyl (C=O) groups is 1. The summed E-state index contributed by atoms with van der Waals surface area (Å²) in [6.07, 6.45) is 4.00. The summed E-state index contributed by atoms with van der Waals surface area (Å²) in [5, 5.41) is 0. The Morgan fingerprint density at radius 2 is 1.75 bits per heavy atom. The largest absolute Gasteiger partial charge is 0.497 e. The third-order valence-corrected chi connectivity index (χ3v) is 5.50. The maximum atomic E-state index is 12.4. The molecule has 2 atom stereocenters. The summed E-state index contributed by atoms with van der Waals surface area (Å²) >= 11 is 0. The van der Waals surface area contributed by atoms with E-state index in [0.29, 0.717) is 41.4 Å². The minimum Gasteiger partial charge on any atom is -0.497 e. The second-order valence-electron chi connectivity index (χ2n) is 7.48. The van der Waals surface area contributed by atoms with Gasteiger partial charge >= 0.3 is 5.97 Å². The third-order valence-electron chi connectivity index (χ3n) is 5.50. The molecule has 1 aliphatic heterocycles. The third kappa shape index (κ3) is 4.11. The number of hydrogen-bond donors (Lipinski definition) is 0. The van der Waals surface area contributed by atoms with Gasteiger partial charge in [0.25, 0.3) is 0 Å². The Kier molecular flexibility index (Phi) is 6.17. The van der Waals surface area contributed by atoms with Crippen LogP contribution in [0.15, 0.2) is 24.3 Å². The number of anilines is 1. The summed E-state index contributed by atoms with van der Waals surface area (Å²) in [6, 6.07) is 8.56. The first-order chi connectivity index (χ1) is 13.4. The van der Waals surface area contributed by atoms with E-state index in [4.69, 9.17) is 19.4 Å². The number of aromatic nitrogens is 2. The number of piperidine rings is 1. The predicted molar refractivity (Wildman–Crippen MR) is 109 cm³/mol. The number of aryl methyl sites for hydroxylation is 1. The zero-order chi connectivity index (χ0) is 20.3. The molecule has 0 amide bonds. The van der Waals surface area contributed by atoms with Crippen LogP contribution in [0.3, 0.4) is 0 Å². The molecule has 0 aliphatic carbocycles. The molecule has 1 saturated heterocycles. The first kappa shape index (κ1) is 20.1. The van der Waals surface area contributed by atoms with Crippen molar-refractivity contribution in [2.75, 3.05) is 19.1 Å². The number of nitrogens with zero attached hydrogens (tertiary/aromatic N) is 3. The average molecular weight is 383 g/mol. The van der Waals surface area contributed by atoms with Crippen molar-refractivity contribution < 1.29 is 14.3 Å². The number of methoxy groups -OCH3 is 2. The molecule has 0 spiro atoms. The molecule has 0 unspecified atom stereocenters. The summed E-state index contributed by atoms with van der Waals surface area (Å²) in [4.78, 5) is 24.3. The molecule has 1 aromatic carbocycles. The highest BCUT2D eigenvalue weighted by Gasteiger charge is 2.29. The topological polar surface area (TPSA) is 64.5 Å². The SMILES string of the molecule is COC(=O)c1c(C)nc(N2[C@H](C)CCC[C@@H]2C)nc1Cc1ccc(OC)cc1. The molecule has 1 fully saturated rings. The fourth-order valence-electron chi connectivity index (χ4n) is 3.98. The number of rotatable bonds is 5. The maximum absolute atomic E-state index is 12.4. The fourth-order valence-corrected chi connectivity index (χ4v) is 3.98. The zero-order valence-electron chi connectivity index (χ0n) is 17.4. The van der Waals surface area contributed by atoms with E-state index in [1.807, 2.05) is 31.2 Å². The van der Waals surface area contributed by atoms with Crippen molar-refractivity contribution in [3.05, 3.63) is 46.8 Å². The lowest BCUT2D eigenvalue weighted by Crippen LogP contribution is -2.45. The van der Waals surface area contributed by atoms with Gasteiger partial charge in [0.1, 0.15) is 11.3 Å². The molecule has 150 valence electrons. The summed E-state index contributed by atoms with van der Waals surface area (Å²) in [6.45, 7) is 6.28. The molecule has 6 heteroatoms. The molecule has 0 saturated carbocycles. The summed E-state index contributed by atoms with van der Waals surface area (Å²) in [5.41, 5.74) is 2.86. The Balaban J connectivity index is 2.03. The van der Waals surface area contributed by atoms with Gasteiger partial charge in [-0.1, -0.05) is 12.1 Å². The van der Waals surface area contributed by atoms with Gasteiger partial charge in [0, 0.05) is 18.5 Å². The summed E-state index contributed by atoms with van der Waals surface area (Å²) in [5.74, 6) is 1.10. The highest BCUT2D eigenvalue weighted by Crippen LogP contribution is 2.29. The minimum absolute atomic E-state index is 0.376. The number of carbonyl (C=O) groups excluding carboxylic acids is 1. The monoisotopic (exact) mass is 383 g/mol. The molecule has 1 aromatic heterocycles. The Hall–Kier alpha value is -2.63. The highest BCUT2D eigenvalue weighted by molar-refractivity contribution is 5.92. The second kappa shape index (κ2) is 8.59. The van der Waals surface area contributed by atoms with Crippen molar-refractivity contribution in [3.63, 3.8) is 0 Å². The number of benzene rings is 1. The van der Waals surface area contributed by atoms with Crippen LogP contribution in [-0.4, -0.2) is 42.2 Å². The van der Waals surface area contributed by atoms with E-state index >= 15 is 0 Å². The zero-order valence-corrected chi connectivity index (χ0v) is 17.4. The van der Waals surface area contributed by atoms with Gasteiger partial charge in [0.05, 0.1) is 25.6 Å². The van der Waals surface area contributed by atoms with Crippen LogP contribution in [0.25, 0.3) is 0 Å². The van der Waals surface area contributed by atoms with Crippen molar-refractivity contribution in [1.29, 1.82) is 0 Å². The molecule has 3 rings (SSSR count). The Morgan fingerprint density at radius 3 is 2.32 bits per heavy atom. The maximum Gasteiger partial charge on any atom is 0.341 e. The molecular weight excluding hydrogens is 354 g/mol. The van der Waals surface area contributed by atoms with Crippen LogP contribution in [0, 0.1) is 6.92 Å². The fraction of sp³-hybridized carbons (Fsp3) is 0.500. The lowest BCUT2D eigenvalue weighted by atomic mass is 9.98. The summed E-state index contributed by atoms with van der Waals surface area (Å²) < 4.78 is 10.2. The Morgan fingerprint density at radius 1 is 1.11 bits per heavy atom. The lowest BCUT2D eigenvalue weighted by molar-refractivity contribution is 0.0597. The smallest absolute Gasteiger partial charge is 0.341 e. The van der Waals surface area contributed by atoms with E-state index in [1.165, 1.54) is 13.5 Å². The number of hydrogen-bond acceptors (Lipinski definition) is 6. The van der Waals surface area contributed by atoms with E-state index in [-0.39, 0.29) is 0 Å². The van der Waals surface area contributed by atoms with Crippen molar-refractivity contribution >= 4 is 11.9 Å². The lowest BCUT2D eigenvalue weighted by Gasteiger charge is -2.39. The van der Waals surface area contributed by atoms with Crippen LogP contribution in [0.1, 0.15) is 60.4 Å². The second-order valence-corrected chi connectivity index (χ2v) is 7.48. The van der Waals surface area contributed by atoms with Gasteiger partial charge in [-0.2, -0.15) is 0 Å². The van der Waals surface area contributed by atoms with Crippen LogP contribution >= 0.6 is 0 Å². The van der Waals surface area contributed by atoms with Crippen LogP contribution in [-0.2, 0) is 11.2 Å². The van der Waals surface area contributed by atoms with Crippen LogP contribution < -0.4 is 9.64 Å². The van der Waals surface area contributed by atoms with Crippen molar-refractivity contribution in [2.45, 2.75) is 58.5 Å². The van der Waals surface area contributed by atoms with Gasteiger partial charge in [-0.05, 0) is 57.7 Å². The highest BCUT2D eigenvalue weighted by atomic mass is 16.5. The van der Waals surface area contributed by atoms with E-state index in [1.54, 1.807) is 7.11 Å². The van der Waals surface area contributed by atoms with Crippen molar-refractivity contribution in [1.82, 2.24) is 9.97 Å². The molecule has 6 nitrogen and oxygen atoms in total. The molecule has 2 aromatic rings. The molecule has 1 aliphatic rings. The van der Waals surface area contributed by atoms with Gasteiger partial charge in [0.2, 0.25) is 5.95 Å². The molecule has 0 N–H and O–H groups in total. The average Bonchev–Trinajstić information content (AvgIpc) is 2.68. The van der Waals surface area contributed by atoms with Gasteiger partial charge in [-0.3, -0.25) is 0 Å². The summed E-state index contributed by atoms with van der Waals surface area (Å²) in [7, 11) is 3.03. The first-order valence-corrected chi connectivity index (χ1v) is 9.81. The van der Waals surface area contributed by atoms with Crippen LogP contribution in [0.5, 0.6) is 5.75 Å². The van der Waals surface area contributed by atoms with Gasteiger partial charge in [-0.15, -0.1) is 0 Å². The normalized spacial score (nSPS) is 19.4. The van der Waals surface area contributed by atoms with Crippen molar-refractivity contribution in [2.24, 2.45) is 0 Å². The van der Waals surface area contributed by atoms with Crippen molar-refractivity contribution in [3.8, 4) is 5.75 Å². The minimum atomic E-state index is -0.396. The van der Waals surface area contributed by atoms with Gasteiger partial charge in [0.15, 0.2) is 0 Å². The van der Waals surface area contributed by atoms with Gasteiger partial charge < -0.3 is 14.4 Å². The van der Waals surface area contributed by atoms with Crippen LogP contribution in [0.4, 0.5) is 5.95 Å². The molecular formula is C22H29N3O3. The Bertz CT molecular complexity index is 826.